The molecule has 0 heterocycles. The predicted octanol–water partition coefficient (Wildman–Crippen LogP) is 2.16. The van der Waals surface area contributed by atoms with Crippen molar-refractivity contribution in [3.63, 3.8) is 0 Å². The Morgan fingerprint density at radius 1 is 1.37 bits per heavy atom. The summed E-state index contributed by atoms with van der Waals surface area (Å²) in [6.45, 7) is 0.765. The molecule has 1 aromatic rings. The highest BCUT2D eigenvalue weighted by atomic mass is 32.2. The van der Waals surface area contributed by atoms with Crippen LogP contribution < -0.4 is 5.73 Å². The molecule has 106 valence electrons. The maximum absolute atomic E-state index is 12.0. The molecule has 0 spiro atoms. The van der Waals surface area contributed by atoms with Gasteiger partial charge in [-0.1, -0.05) is 30.3 Å². The number of benzene rings is 1. The van der Waals surface area contributed by atoms with Crippen molar-refractivity contribution >= 4 is 17.7 Å². The highest BCUT2D eigenvalue weighted by Crippen LogP contribution is 2.05. The van der Waals surface area contributed by atoms with Crippen LogP contribution in [0.25, 0.3) is 0 Å². The number of carbonyl (C=O) groups excluding carboxylic acids is 1. The van der Waals surface area contributed by atoms with Crippen LogP contribution in [0.2, 0.25) is 0 Å². The van der Waals surface area contributed by atoms with Gasteiger partial charge in [0.15, 0.2) is 0 Å². The molecule has 0 bridgehead atoms. The van der Waals surface area contributed by atoms with E-state index in [0.717, 1.165) is 31.6 Å². The van der Waals surface area contributed by atoms with Crippen molar-refractivity contribution < 1.29 is 4.79 Å². The standard InChI is InChI=1S/C15H24N2OS/c1-17(15(18)14(16)10-12-19-2)11-6-9-13-7-4-3-5-8-13/h3-5,7-8,14H,6,9-12,16H2,1-2H3/t14-/m1/s1. The van der Waals surface area contributed by atoms with Gasteiger partial charge < -0.3 is 10.6 Å². The highest BCUT2D eigenvalue weighted by Gasteiger charge is 2.16. The molecular weight excluding hydrogens is 256 g/mol. The van der Waals surface area contributed by atoms with E-state index in [9.17, 15) is 4.79 Å². The van der Waals surface area contributed by atoms with Gasteiger partial charge in [-0.3, -0.25) is 4.79 Å². The predicted molar refractivity (Wildman–Crippen MR) is 83.4 cm³/mol. The van der Waals surface area contributed by atoms with Gasteiger partial charge in [-0.2, -0.15) is 11.8 Å². The molecule has 1 rings (SSSR count). The number of carbonyl (C=O) groups is 1. The first kappa shape index (κ1) is 16.1. The van der Waals surface area contributed by atoms with E-state index in [4.69, 9.17) is 5.73 Å². The summed E-state index contributed by atoms with van der Waals surface area (Å²) in [6, 6.07) is 9.99. The second-order valence-electron chi connectivity index (χ2n) is 4.74. The number of aryl methyl sites for hydroxylation is 1. The number of hydrogen-bond donors (Lipinski definition) is 1. The topological polar surface area (TPSA) is 46.3 Å². The summed E-state index contributed by atoms with van der Waals surface area (Å²) < 4.78 is 0. The maximum atomic E-state index is 12.0. The van der Waals surface area contributed by atoms with Crippen molar-refractivity contribution in [3.8, 4) is 0 Å². The first-order chi connectivity index (χ1) is 9.15. The Bertz CT molecular complexity index is 370. The Hall–Kier alpha value is -1.00. The normalized spacial score (nSPS) is 12.2. The van der Waals surface area contributed by atoms with Gasteiger partial charge in [0.1, 0.15) is 0 Å². The van der Waals surface area contributed by atoms with E-state index in [1.165, 1.54) is 5.56 Å². The van der Waals surface area contributed by atoms with E-state index in [2.05, 4.69) is 12.1 Å². The van der Waals surface area contributed by atoms with Crippen LogP contribution in [0.3, 0.4) is 0 Å². The van der Waals surface area contributed by atoms with Crippen LogP contribution in [0.5, 0.6) is 0 Å². The lowest BCUT2D eigenvalue weighted by Crippen LogP contribution is -2.42. The minimum Gasteiger partial charge on any atom is -0.344 e. The monoisotopic (exact) mass is 280 g/mol. The zero-order chi connectivity index (χ0) is 14.1. The molecule has 0 saturated heterocycles. The van der Waals surface area contributed by atoms with Gasteiger partial charge >= 0.3 is 0 Å². The molecule has 0 aliphatic rings. The van der Waals surface area contributed by atoms with Crippen LogP contribution in [-0.4, -0.2) is 42.4 Å². The molecule has 1 atom stereocenters. The molecule has 0 aliphatic heterocycles. The molecule has 0 aliphatic carbocycles. The minimum absolute atomic E-state index is 0.0575. The smallest absolute Gasteiger partial charge is 0.239 e. The quantitative estimate of drug-likeness (QED) is 0.794. The molecule has 1 aromatic carbocycles. The molecule has 1 amide bonds. The summed E-state index contributed by atoms with van der Waals surface area (Å²) >= 11 is 1.72. The maximum Gasteiger partial charge on any atom is 0.239 e. The Morgan fingerprint density at radius 3 is 2.68 bits per heavy atom. The van der Waals surface area contributed by atoms with Gasteiger partial charge in [-0.25, -0.2) is 0 Å². The molecule has 19 heavy (non-hydrogen) atoms. The van der Waals surface area contributed by atoms with Crippen molar-refractivity contribution in [2.45, 2.75) is 25.3 Å². The fraction of sp³-hybridized carbons (Fsp3) is 0.533. The summed E-state index contributed by atoms with van der Waals surface area (Å²) in [6.07, 6.45) is 4.75. The lowest BCUT2D eigenvalue weighted by Gasteiger charge is -2.21. The SMILES string of the molecule is CSCC[C@@H](N)C(=O)N(C)CCCc1ccccc1. The lowest BCUT2D eigenvalue weighted by atomic mass is 10.1. The van der Waals surface area contributed by atoms with Crippen molar-refractivity contribution in [3.05, 3.63) is 35.9 Å². The van der Waals surface area contributed by atoms with Crippen molar-refractivity contribution in [2.24, 2.45) is 5.73 Å². The third-order valence-electron chi connectivity index (χ3n) is 3.13. The zero-order valence-corrected chi connectivity index (χ0v) is 12.7. The second kappa shape index (κ2) is 8.99. The van der Waals surface area contributed by atoms with Gasteiger partial charge in [0.05, 0.1) is 6.04 Å². The lowest BCUT2D eigenvalue weighted by molar-refractivity contribution is -0.131. The number of thioether (sulfide) groups is 1. The van der Waals surface area contributed by atoms with E-state index in [0.29, 0.717) is 0 Å². The number of nitrogens with zero attached hydrogens (tertiary/aromatic N) is 1. The molecular formula is C15H24N2OS. The third kappa shape index (κ3) is 6.12. The van der Waals surface area contributed by atoms with Gasteiger partial charge in [-0.15, -0.1) is 0 Å². The van der Waals surface area contributed by atoms with E-state index in [1.54, 1.807) is 16.7 Å². The van der Waals surface area contributed by atoms with Crippen molar-refractivity contribution in [1.29, 1.82) is 0 Å². The molecule has 0 fully saturated rings. The van der Waals surface area contributed by atoms with E-state index < -0.39 is 0 Å². The molecule has 4 heteroatoms. The Kier molecular flexibility index (Phi) is 7.60. The van der Waals surface area contributed by atoms with Crippen LogP contribution in [0.15, 0.2) is 30.3 Å². The fourth-order valence-electron chi connectivity index (χ4n) is 1.93. The molecule has 0 unspecified atom stereocenters. The highest BCUT2D eigenvalue weighted by molar-refractivity contribution is 7.98. The summed E-state index contributed by atoms with van der Waals surface area (Å²) in [5.74, 6) is 0.993. The number of amides is 1. The molecule has 0 aromatic heterocycles. The van der Waals surface area contributed by atoms with E-state index >= 15 is 0 Å². The summed E-state index contributed by atoms with van der Waals surface area (Å²) in [5.41, 5.74) is 7.20. The number of rotatable bonds is 8. The average Bonchev–Trinajstić information content (AvgIpc) is 2.44. The molecule has 0 saturated carbocycles. The Labute approximate surface area is 120 Å². The van der Waals surface area contributed by atoms with Gasteiger partial charge in [0.2, 0.25) is 5.91 Å². The first-order valence-electron chi connectivity index (χ1n) is 6.68. The van der Waals surface area contributed by atoms with Crippen molar-refractivity contribution in [1.82, 2.24) is 4.90 Å². The Balaban J connectivity index is 2.26. The van der Waals surface area contributed by atoms with Crippen LogP contribution in [0, 0.1) is 0 Å². The third-order valence-corrected chi connectivity index (χ3v) is 3.77. The fourth-order valence-corrected chi connectivity index (χ4v) is 2.42. The summed E-state index contributed by atoms with van der Waals surface area (Å²) in [7, 11) is 1.84. The Morgan fingerprint density at radius 2 is 2.05 bits per heavy atom. The molecule has 2 N–H and O–H groups in total. The summed E-state index contributed by atoms with van der Waals surface area (Å²) in [5, 5.41) is 0. The van der Waals surface area contributed by atoms with Gasteiger partial charge in [0, 0.05) is 13.6 Å². The first-order valence-corrected chi connectivity index (χ1v) is 8.08. The molecule has 0 radical (unpaired) electrons. The number of likely N-dealkylation sites (N-methyl/N-ethyl adjacent to an activating group) is 1. The van der Waals surface area contributed by atoms with Crippen LogP contribution in [0.4, 0.5) is 0 Å². The van der Waals surface area contributed by atoms with Crippen LogP contribution in [-0.2, 0) is 11.2 Å². The largest absolute Gasteiger partial charge is 0.344 e. The second-order valence-corrected chi connectivity index (χ2v) is 5.72. The summed E-state index contributed by atoms with van der Waals surface area (Å²) in [4.78, 5) is 13.7. The number of hydrogen-bond acceptors (Lipinski definition) is 3. The average molecular weight is 280 g/mol. The van der Waals surface area contributed by atoms with E-state index in [1.807, 2.05) is 31.5 Å². The van der Waals surface area contributed by atoms with Crippen LogP contribution >= 0.6 is 11.8 Å². The van der Waals surface area contributed by atoms with Gasteiger partial charge in [0.25, 0.3) is 0 Å². The zero-order valence-electron chi connectivity index (χ0n) is 11.8. The van der Waals surface area contributed by atoms with E-state index in [-0.39, 0.29) is 11.9 Å². The molecule has 3 nitrogen and oxygen atoms in total. The van der Waals surface area contributed by atoms with Gasteiger partial charge in [-0.05, 0) is 36.8 Å². The van der Waals surface area contributed by atoms with Crippen molar-refractivity contribution in [2.75, 3.05) is 25.6 Å². The minimum atomic E-state index is -0.353. The van der Waals surface area contributed by atoms with Crippen LogP contribution in [0.1, 0.15) is 18.4 Å². The number of nitrogens with two attached hydrogens (primary N) is 1.